The summed E-state index contributed by atoms with van der Waals surface area (Å²) in [5, 5.41) is 2.73. The fourth-order valence-electron chi connectivity index (χ4n) is 2.38. The molecule has 0 fully saturated rings. The van der Waals surface area contributed by atoms with Crippen molar-refractivity contribution in [3.05, 3.63) is 36.3 Å². The third-order valence-electron chi connectivity index (χ3n) is 3.70. The number of nitrogens with zero attached hydrogens (tertiary/aromatic N) is 3. The first-order chi connectivity index (χ1) is 11.4. The molecule has 6 nitrogen and oxygen atoms in total. The van der Waals surface area contributed by atoms with Crippen LogP contribution in [0.4, 0.5) is 11.4 Å². The molecule has 0 aliphatic carbocycles. The number of rotatable bonds is 2. The van der Waals surface area contributed by atoms with Crippen LogP contribution in [0.15, 0.2) is 30.7 Å². The van der Waals surface area contributed by atoms with Crippen LogP contribution in [0.1, 0.15) is 26.3 Å². The number of hydrogen-bond donors (Lipinski definition) is 1. The topological polar surface area (TPSA) is 67.4 Å². The van der Waals surface area contributed by atoms with Gasteiger partial charge in [-0.3, -0.25) is 4.79 Å². The molecule has 0 spiro atoms. The van der Waals surface area contributed by atoms with Crippen molar-refractivity contribution in [2.45, 2.75) is 32.9 Å². The Kier molecular flexibility index (Phi) is 5.51. The van der Waals surface area contributed by atoms with E-state index in [1.165, 1.54) is 0 Å². The van der Waals surface area contributed by atoms with E-state index in [9.17, 15) is 4.79 Å². The second-order valence-corrected chi connectivity index (χ2v) is 6.53. The molecule has 1 aliphatic rings. The van der Waals surface area contributed by atoms with Gasteiger partial charge in [0.2, 0.25) is 6.41 Å². The van der Waals surface area contributed by atoms with E-state index in [1.807, 2.05) is 52.2 Å². The second kappa shape index (κ2) is 7.40. The van der Waals surface area contributed by atoms with Crippen LogP contribution in [-0.4, -0.2) is 36.1 Å². The lowest BCUT2D eigenvalue weighted by molar-refractivity contribution is -0.105. The van der Waals surface area contributed by atoms with Crippen molar-refractivity contribution in [2.24, 2.45) is 0 Å². The van der Waals surface area contributed by atoms with Crippen LogP contribution in [0.25, 0.3) is 11.3 Å². The number of carbonyl (C=O) groups excluding carboxylic acids is 1. The van der Waals surface area contributed by atoms with E-state index >= 15 is 0 Å². The Morgan fingerprint density at radius 3 is 2.67 bits per heavy atom. The zero-order valence-electron chi connectivity index (χ0n) is 14.8. The van der Waals surface area contributed by atoms with Gasteiger partial charge in [-0.25, -0.2) is 9.97 Å². The number of benzene rings is 1. The maximum absolute atomic E-state index is 10.7. The quantitative estimate of drug-likeness (QED) is 0.858. The highest BCUT2D eigenvalue weighted by molar-refractivity contribution is 5.93. The Balaban J connectivity index is 0.000000301. The van der Waals surface area contributed by atoms with E-state index < -0.39 is 0 Å². The second-order valence-electron chi connectivity index (χ2n) is 6.53. The minimum Gasteiger partial charge on any atom is -0.379 e. The van der Waals surface area contributed by atoms with Gasteiger partial charge >= 0.3 is 0 Å². The van der Waals surface area contributed by atoms with E-state index in [1.54, 1.807) is 13.4 Å². The molecule has 24 heavy (non-hydrogen) atoms. The highest BCUT2D eigenvalue weighted by atomic mass is 16.5. The Labute approximate surface area is 142 Å². The predicted octanol–water partition coefficient (Wildman–Crippen LogP) is 3.09. The molecule has 0 radical (unpaired) electrons. The molecule has 0 atom stereocenters. The fraction of sp³-hybridized carbons (Fsp3) is 0.389. The third-order valence-corrected chi connectivity index (χ3v) is 3.70. The van der Waals surface area contributed by atoms with Gasteiger partial charge in [-0.05, 0) is 26.8 Å². The molecule has 1 N–H and O–H groups in total. The molecule has 3 rings (SSSR count). The lowest BCUT2D eigenvalue weighted by atomic mass is 9.98. The molecule has 128 valence electrons. The van der Waals surface area contributed by atoms with Crippen molar-refractivity contribution in [2.75, 3.05) is 24.4 Å². The van der Waals surface area contributed by atoms with Gasteiger partial charge in [0.05, 0.1) is 22.7 Å². The number of ether oxygens (including phenoxy) is 1. The van der Waals surface area contributed by atoms with Gasteiger partial charge in [-0.2, -0.15) is 0 Å². The molecule has 0 bridgehead atoms. The zero-order valence-corrected chi connectivity index (χ0v) is 14.8. The molecule has 0 unspecified atom stereocenters. The van der Waals surface area contributed by atoms with E-state index in [2.05, 4.69) is 20.2 Å². The summed E-state index contributed by atoms with van der Waals surface area (Å²) >= 11 is 0. The lowest BCUT2D eigenvalue weighted by Crippen LogP contribution is -2.23. The van der Waals surface area contributed by atoms with Crippen LogP contribution in [0.3, 0.4) is 0 Å². The molecule has 6 heteroatoms. The third kappa shape index (κ3) is 4.08. The molecule has 2 heterocycles. The van der Waals surface area contributed by atoms with Crippen LogP contribution in [0.2, 0.25) is 0 Å². The lowest BCUT2D eigenvalue weighted by Gasteiger charge is -2.30. The number of hydrogen-bond acceptors (Lipinski definition) is 5. The molecule has 1 aromatic heterocycles. The van der Waals surface area contributed by atoms with Crippen LogP contribution in [0, 0.1) is 0 Å². The maximum atomic E-state index is 10.7. The van der Waals surface area contributed by atoms with Gasteiger partial charge in [0.1, 0.15) is 6.33 Å². The van der Waals surface area contributed by atoms with E-state index in [0.29, 0.717) is 6.41 Å². The summed E-state index contributed by atoms with van der Waals surface area (Å²) in [5.74, 6) is 0. The SMILES string of the molecule is CN1Cc2cncnc2-c2cccc(NC=O)c21.COC(C)(C)C. The monoisotopic (exact) mass is 328 g/mol. The highest BCUT2D eigenvalue weighted by Crippen LogP contribution is 2.41. The van der Waals surface area contributed by atoms with Crippen LogP contribution >= 0.6 is 0 Å². The van der Waals surface area contributed by atoms with E-state index in [4.69, 9.17) is 4.74 Å². The minimum absolute atomic E-state index is 0.0417. The first-order valence-corrected chi connectivity index (χ1v) is 7.76. The number of fused-ring (bicyclic) bond motifs is 3. The summed E-state index contributed by atoms with van der Waals surface area (Å²) in [4.78, 5) is 21.1. The number of methoxy groups -OCH3 is 1. The van der Waals surface area contributed by atoms with Gasteiger partial charge in [0.15, 0.2) is 0 Å². The smallest absolute Gasteiger partial charge is 0.211 e. The normalized spacial score (nSPS) is 12.5. The van der Waals surface area contributed by atoms with Gasteiger partial charge < -0.3 is 15.0 Å². The Morgan fingerprint density at radius 2 is 2.04 bits per heavy atom. The molecular formula is C18H24N4O2. The Morgan fingerprint density at radius 1 is 1.33 bits per heavy atom. The Hall–Kier alpha value is -2.47. The molecule has 0 saturated heterocycles. The summed E-state index contributed by atoms with van der Waals surface area (Å²) in [6.45, 7) is 6.80. The average molecular weight is 328 g/mol. The van der Waals surface area contributed by atoms with Gasteiger partial charge in [-0.15, -0.1) is 0 Å². The van der Waals surface area contributed by atoms with Crippen molar-refractivity contribution in [3.63, 3.8) is 0 Å². The molecular weight excluding hydrogens is 304 g/mol. The Bertz CT molecular complexity index is 710. The van der Waals surface area contributed by atoms with Crippen molar-refractivity contribution in [1.29, 1.82) is 0 Å². The number of anilines is 2. The van der Waals surface area contributed by atoms with Crippen molar-refractivity contribution in [3.8, 4) is 11.3 Å². The molecule has 0 saturated carbocycles. The first-order valence-electron chi connectivity index (χ1n) is 7.76. The molecule has 1 aliphatic heterocycles. The van der Waals surface area contributed by atoms with Crippen LogP contribution in [-0.2, 0) is 16.1 Å². The van der Waals surface area contributed by atoms with Gasteiger partial charge in [0, 0.05) is 38.0 Å². The molecule has 1 amide bonds. The fourth-order valence-corrected chi connectivity index (χ4v) is 2.38. The van der Waals surface area contributed by atoms with E-state index in [-0.39, 0.29) is 5.60 Å². The number of amides is 1. The summed E-state index contributed by atoms with van der Waals surface area (Å²) in [6, 6.07) is 5.80. The molecule has 1 aromatic carbocycles. The minimum atomic E-state index is 0.0417. The number of nitrogens with one attached hydrogen (secondary N) is 1. The number of aromatic nitrogens is 2. The van der Waals surface area contributed by atoms with Crippen molar-refractivity contribution in [1.82, 2.24) is 9.97 Å². The first kappa shape index (κ1) is 17.9. The van der Waals surface area contributed by atoms with E-state index in [0.717, 1.165) is 34.7 Å². The van der Waals surface area contributed by atoms with Gasteiger partial charge in [-0.1, -0.05) is 12.1 Å². The van der Waals surface area contributed by atoms with Crippen molar-refractivity contribution >= 4 is 17.8 Å². The summed E-state index contributed by atoms with van der Waals surface area (Å²) in [7, 11) is 3.70. The summed E-state index contributed by atoms with van der Waals surface area (Å²) in [5.41, 5.74) is 4.89. The number of carbonyl (C=O) groups is 1. The predicted molar refractivity (Wildman–Crippen MR) is 96.0 cm³/mol. The van der Waals surface area contributed by atoms with Crippen LogP contribution < -0.4 is 10.2 Å². The zero-order chi connectivity index (χ0) is 17.7. The largest absolute Gasteiger partial charge is 0.379 e. The highest BCUT2D eigenvalue weighted by Gasteiger charge is 2.23. The standard InChI is InChI=1S/C13H12N4O.C5H12O/c1-17-6-9-5-14-7-15-12(9)10-3-2-4-11(13(10)17)16-8-18;1-5(2,3)6-4/h2-5,7-8H,6H2,1H3,(H,16,18);1-4H3. The van der Waals surface area contributed by atoms with Crippen molar-refractivity contribution < 1.29 is 9.53 Å². The van der Waals surface area contributed by atoms with Gasteiger partial charge in [0.25, 0.3) is 0 Å². The average Bonchev–Trinajstić information content (AvgIpc) is 2.55. The van der Waals surface area contributed by atoms with Crippen LogP contribution in [0.5, 0.6) is 0 Å². The summed E-state index contributed by atoms with van der Waals surface area (Å²) in [6.07, 6.45) is 4.08. The number of para-hydroxylation sites is 1. The maximum Gasteiger partial charge on any atom is 0.211 e. The molecule has 2 aromatic rings. The summed E-state index contributed by atoms with van der Waals surface area (Å²) < 4.78 is 4.94.